The number of hydrogen-bond acceptors (Lipinski definition) is 4. The molecule has 126 valence electrons. The van der Waals surface area contributed by atoms with E-state index >= 15 is 0 Å². The first kappa shape index (κ1) is 18.7. The Kier molecular flexibility index (Phi) is 6.19. The molecule has 0 saturated carbocycles. The molecule has 2 aliphatic rings. The summed E-state index contributed by atoms with van der Waals surface area (Å²) in [7, 11) is 0. The van der Waals surface area contributed by atoms with Crippen molar-refractivity contribution in [3.05, 3.63) is 0 Å². The number of piperazine rings is 1. The molecule has 2 aliphatic heterocycles. The van der Waals surface area contributed by atoms with Gasteiger partial charge in [0.05, 0.1) is 0 Å². The smallest absolute Gasteiger partial charge is 0.325 e. The molecule has 0 aromatic carbocycles. The van der Waals surface area contributed by atoms with Gasteiger partial charge >= 0.3 is 6.03 Å². The largest absolute Gasteiger partial charge is 0.337 e. The SMILES string of the molecule is CC1CNCCN1C(=O)CCCN1C(=O)NC(C)(C)C1=O.Cl. The summed E-state index contributed by atoms with van der Waals surface area (Å²) < 4.78 is 0. The summed E-state index contributed by atoms with van der Waals surface area (Å²) in [6.45, 7) is 8.02. The minimum Gasteiger partial charge on any atom is -0.337 e. The highest BCUT2D eigenvalue weighted by Gasteiger charge is 2.43. The van der Waals surface area contributed by atoms with E-state index in [-0.39, 0.29) is 36.3 Å². The Labute approximate surface area is 137 Å². The van der Waals surface area contributed by atoms with Crippen LogP contribution in [0.5, 0.6) is 0 Å². The van der Waals surface area contributed by atoms with Crippen LogP contribution in [0.3, 0.4) is 0 Å². The Bertz CT molecular complexity index is 455. The molecule has 1 unspecified atom stereocenters. The van der Waals surface area contributed by atoms with E-state index in [2.05, 4.69) is 10.6 Å². The van der Waals surface area contributed by atoms with Crippen LogP contribution in [0, 0.1) is 0 Å². The topological polar surface area (TPSA) is 81.8 Å². The monoisotopic (exact) mass is 332 g/mol. The highest BCUT2D eigenvalue weighted by Crippen LogP contribution is 2.17. The van der Waals surface area contributed by atoms with Crippen molar-refractivity contribution in [1.82, 2.24) is 20.4 Å². The molecule has 2 N–H and O–H groups in total. The number of nitrogens with zero attached hydrogens (tertiary/aromatic N) is 2. The number of halogens is 1. The van der Waals surface area contributed by atoms with E-state index in [0.29, 0.717) is 19.4 Å². The van der Waals surface area contributed by atoms with Crippen LogP contribution < -0.4 is 10.6 Å². The van der Waals surface area contributed by atoms with Crippen molar-refractivity contribution in [3.8, 4) is 0 Å². The molecule has 22 heavy (non-hydrogen) atoms. The predicted octanol–water partition coefficient (Wildman–Crippen LogP) is 0.339. The van der Waals surface area contributed by atoms with Crippen LogP contribution in [0.4, 0.5) is 4.79 Å². The van der Waals surface area contributed by atoms with Crippen LogP contribution in [0.1, 0.15) is 33.6 Å². The molecule has 0 aliphatic carbocycles. The van der Waals surface area contributed by atoms with Crippen LogP contribution in [-0.2, 0) is 9.59 Å². The van der Waals surface area contributed by atoms with Crippen molar-refractivity contribution in [1.29, 1.82) is 0 Å². The quantitative estimate of drug-likeness (QED) is 0.727. The predicted molar refractivity (Wildman–Crippen MR) is 84.9 cm³/mol. The second-order valence-corrected chi connectivity index (χ2v) is 6.26. The van der Waals surface area contributed by atoms with E-state index in [0.717, 1.165) is 19.6 Å². The van der Waals surface area contributed by atoms with Crippen molar-refractivity contribution >= 4 is 30.3 Å². The lowest BCUT2D eigenvalue weighted by Crippen LogP contribution is -2.52. The zero-order valence-corrected chi connectivity index (χ0v) is 14.2. The lowest BCUT2D eigenvalue weighted by Gasteiger charge is -2.34. The molecule has 4 amide bonds. The third kappa shape index (κ3) is 3.89. The van der Waals surface area contributed by atoms with Gasteiger partial charge in [0.15, 0.2) is 0 Å². The number of rotatable bonds is 4. The number of amides is 4. The Balaban J connectivity index is 0.00000242. The first-order valence-corrected chi connectivity index (χ1v) is 7.47. The van der Waals surface area contributed by atoms with Crippen molar-refractivity contribution < 1.29 is 14.4 Å². The Morgan fingerprint density at radius 1 is 1.36 bits per heavy atom. The summed E-state index contributed by atoms with van der Waals surface area (Å²) in [5.74, 6) is -0.134. The normalized spacial score (nSPS) is 24.0. The van der Waals surface area contributed by atoms with Gasteiger partial charge in [0.2, 0.25) is 5.91 Å². The second-order valence-electron chi connectivity index (χ2n) is 6.26. The Morgan fingerprint density at radius 3 is 2.59 bits per heavy atom. The van der Waals surface area contributed by atoms with E-state index in [9.17, 15) is 14.4 Å². The lowest BCUT2D eigenvalue weighted by atomic mass is 10.1. The van der Waals surface area contributed by atoms with Gasteiger partial charge in [0.25, 0.3) is 5.91 Å². The highest BCUT2D eigenvalue weighted by atomic mass is 35.5. The lowest BCUT2D eigenvalue weighted by molar-refractivity contribution is -0.135. The maximum atomic E-state index is 12.2. The third-order valence-corrected chi connectivity index (χ3v) is 4.04. The third-order valence-electron chi connectivity index (χ3n) is 4.04. The molecule has 8 heteroatoms. The minimum atomic E-state index is -0.839. The zero-order valence-electron chi connectivity index (χ0n) is 13.3. The molecule has 0 bridgehead atoms. The van der Waals surface area contributed by atoms with Gasteiger partial charge in [-0.15, -0.1) is 12.4 Å². The molecule has 0 spiro atoms. The van der Waals surface area contributed by atoms with Crippen molar-refractivity contribution in [2.45, 2.75) is 45.2 Å². The Morgan fingerprint density at radius 2 is 2.05 bits per heavy atom. The highest BCUT2D eigenvalue weighted by molar-refractivity contribution is 6.06. The van der Waals surface area contributed by atoms with Crippen molar-refractivity contribution in [2.75, 3.05) is 26.2 Å². The first-order chi connectivity index (χ1) is 9.83. The molecule has 0 radical (unpaired) electrons. The fraction of sp³-hybridized carbons (Fsp3) is 0.786. The van der Waals surface area contributed by atoms with E-state index in [1.165, 1.54) is 4.90 Å². The zero-order chi connectivity index (χ0) is 15.6. The average molecular weight is 333 g/mol. The van der Waals surface area contributed by atoms with Crippen LogP contribution >= 0.6 is 12.4 Å². The first-order valence-electron chi connectivity index (χ1n) is 7.47. The number of carbonyl (C=O) groups is 3. The van der Waals surface area contributed by atoms with Gasteiger partial charge in [-0.05, 0) is 27.2 Å². The fourth-order valence-corrected chi connectivity index (χ4v) is 2.76. The molecule has 2 fully saturated rings. The van der Waals surface area contributed by atoms with Crippen molar-refractivity contribution in [2.24, 2.45) is 0 Å². The van der Waals surface area contributed by atoms with Crippen LogP contribution in [0.15, 0.2) is 0 Å². The maximum absolute atomic E-state index is 12.2. The summed E-state index contributed by atoms with van der Waals surface area (Å²) in [4.78, 5) is 39.0. The fourth-order valence-electron chi connectivity index (χ4n) is 2.76. The van der Waals surface area contributed by atoms with Crippen LogP contribution in [0.2, 0.25) is 0 Å². The summed E-state index contributed by atoms with van der Waals surface area (Å²) >= 11 is 0. The second kappa shape index (κ2) is 7.28. The Hall–Kier alpha value is -1.34. The summed E-state index contributed by atoms with van der Waals surface area (Å²) in [5, 5.41) is 5.88. The maximum Gasteiger partial charge on any atom is 0.325 e. The summed E-state index contributed by atoms with van der Waals surface area (Å²) in [5.41, 5.74) is -0.839. The number of imide groups is 1. The number of hydrogen-bond donors (Lipinski definition) is 2. The van der Waals surface area contributed by atoms with Gasteiger partial charge < -0.3 is 15.5 Å². The van der Waals surface area contributed by atoms with Gasteiger partial charge in [-0.2, -0.15) is 0 Å². The van der Waals surface area contributed by atoms with Gasteiger partial charge in [0, 0.05) is 38.6 Å². The van der Waals surface area contributed by atoms with Crippen molar-refractivity contribution in [3.63, 3.8) is 0 Å². The molecule has 2 rings (SSSR count). The van der Waals surface area contributed by atoms with Gasteiger partial charge in [-0.3, -0.25) is 14.5 Å². The summed E-state index contributed by atoms with van der Waals surface area (Å²) in [6.07, 6.45) is 0.868. The molecule has 7 nitrogen and oxygen atoms in total. The molecule has 0 aromatic rings. The van der Waals surface area contributed by atoms with E-state index in [1.807, 2.05) is 11.8 Å². The van der Waals surface area contributed by atoms with E-state index < -0.39 is 5.54 Å². The van der Waals surface area contributed by atoms with Gasteiger partial charge in [-0.1, -0.05) is 0 Å². The van der Waals surface area contributed by atoms with E-state index in [4.69, 9.17) is 0 Å². The van der Waals surface area contributed by atoms with Gasteiger partial charge in [0.1, 0.15) is 5.54 Å². The summed E-state index contributed by atoms with van der Waals surface area (Å²) in [6, 6.07) is -0.171. The standard InChI is InChI=1S/C14H24N4O3.ClH/c1-10-9-15-6-8-17(10)11(19)5-4-7-18-12(20)14(2,3)16-13(18)21;/h10,15H,4-9H2,1-3H3,(H,16,21);1H. The molecule has 2 heterocycles. The van der Waals surface area contributed by atoms with Crippen LogP contribution in [-0.4, -0.2) is 65.4 Å². The van der Waals surface area contributed by atoms with Crippen LogP contribution in [0.25, 0.3) is 0 Å². The average Bonchev–Trinajstić information content (AvgIpc) is 2.60. The van der Waals surface area contributed by atoms with E-state index in [1.54, 1.807) is 13.8 Å². The molecular weight excluding hydrogens is 308 g/mol. The molecular formula is C14H25ClN4O3. The molecule has 0 aromatic heterocycles. The van der Waals surface area contributed by atoms with Gasteiger partial charge in [-0.25, -0.2) is 4.79 Å². The number of nitrogens with one attached hydrogen (secondary N) is 2. The molecule has 1 atom stereocenters. The number of urea groups is 1. The number of carbonyl (C=O) groups excluding carboxylic acids is 3. The minimum absolute atomic E-state index is 0. The molecule has 2 saturated heterocycles.